The van der Waals surface area contributed by atoms with Crippen LogP contribution in [0.1, 0.15) is 34.0 Å². The molecule has 0 saturated heterocycles. The van der Waals surface area contributed by atoms with Gasteiger partial charge in [0.15, 0.2) is 6.10 Å². The Morgan fingerprint density at radius 1 is 1.04 bits per heavy atom. The summed E-state index contributed by atoms with van der Waals surface area (Å²) in [7, 11) is 1.52. The lowest BCUT2D eigenvalue weighted by atomic mass is 10.0. The molecule has 0 aromatic heterocycles. The van der Waals surface area contributed by atoms with Crippen molar-refractivity contribution in [3.8, 4) is 5.75 Å². The molecule has 0 aliphatic carbocycles. The zero-order valence-corrected chi connectivity index (χ0v) is 15.2. The van der Waals surface area contributed by atoms with Gasteiger partial charge in [-0.1, -0.05) is 23.8 Å². The van der Waals surface area contributed by atoms with Gasteiger partial charge in [0.1, 0.15) is 5.75 Å². The monoisotopic (exact) mass is 341 g/mol. The molecular formula is C20H23NO4. The lowest BCUT2D eigenvalue weighted by molar-refractivity contribution is -0.123. The Hall–Kier alpha value is -2.82. The number of amides is 1. The minimum absolute atomic E-state index is 0.335. The number of rotatable bonds is 5. The Kier molecular flexibility index (Phi) is 5.80. The third kappa shape index (κ3) is 4.59. The second-order valence-electron chi connectivity index (χ2n) is 6.04. The van der Waals surface area contributed by atoms with E-state index in [1.54, 1.807) is 31.2 Å². The Morgan fingerprint density at radius 2 is 1.68 bits per heavy atom. The number of benzene rings is 2. The molecule has 2 rings (SSSR count). The molecule has 0 aliphatic heterocycles. The molecule has 0 bridgehead atoms. The van der Waals surface area contributed by atoms with E-state index in [0.717, 1.165) is 22.4 Å². The molecule has 0 unspecified atom stereocenters. The summed E-state index contributed by atoms with van der Waals surface area (Å²) in [6.07, 6.45) is -0.918. The summed E-state index contributed by atoms with van der Waals surface area (Å²) < 4.78 is 10.4. The number of hydrogen-bond donors (Lipinski definition) is 1. The van der Waals surface area contributed by atoms with Crippen molar-refractivity contribution in [2.24, 2.45) is 0 Å². The normalized spacial score (nSPS) is 11.6. The number of carbonyl (C=O) groups is 2. The van der Waals surface area contributed by atoms with Crippen LogP contribution >= 0.6 is 0 Å². The van der Waals surface area contributed by atoms with Crippen LogP contribution in [0, 0.1) is 20.8 Å². The first-order valence-corrected chi connectivity index (χ1v) is 8.05. The fraction of sp³-hybridized carbons (Fsp3) is 0.300. The number of hydrogen-bond acceptors (Lipinski definition) is 4. The molecule has 0 spiro atoms. The summed E-state index contributed by atoms with van der Waals surface area (Å²) in [4.78, 5) is 24.6. The van der Waals surface area contributed by atoms with Gasteiger partial charge in [-0.3, -0.25) is 4.79 Å². The van der Waals surface area contributed by atoms with Gasteiger partial charge in [-0.15, -0.1) is 0 Å². The van der Waals surface area contributed by atoms with Gasteiger partial charge in [0.25, 0.3) is 5.91 Å². The van der Waals surface area contributed by atoms with Crippen molar-refractivity contribution >= 4 is 17.6 Å². The molecule has 1 atom stereocenters. The van der Waals surface area contributed by atoms with Gasteiger partial charge in [-0.05, 0) is 57.0 Å². The van der Waals surface area contributed by atoms with Crippen LogP contribution in [-0.2, 0) is 9.53 Å². The molecule has 25 heavy (non-hydrogen) atoms. The van der Waals surface area contributed by atoms with Crippen LogP contribution in [0.5, 0.6) is 5.75 Å². The minimum atomic E-state index is -0.918. The number of aryl methyl sites for hydroxylation is 3. The smallest absolute Gasteiger partial charge is 0.339 e. The lowest BCUT2D eigenvalue weighted by Crippen LogP contribution is -2.30. The average molecular weight is 341 g/mol. The van der Waals surface area contributed by atoms with E-state index in [1.165, 1.54) is 7.11 Å². The van der Waals surface area contributed by atoms with E-state index in [4.69, 9.17) is 9.47 Å². The Balaban J connectivity index is 2.06. The van der Waals surface area contributed by atoms with E-state index in [1.807, 2.05) is 32.9 Å². The average Bonchev–Trinajstić information content (AvgIpc) is 2.57. The van der Waals surface area contributed by atoms with Crippen molar-refractivity contribution in [3.05, 3.63) is 58.7 Å². The van der Waals surface area contributed by atoms with Crippen LogP contribution < -0.4 is 10.1 Å². The van der Waals surface area contributed by atoms with E-state index in [9.17, 15) is 9.59 Å². The maximum Gasteiger partial charge on any atom is 0.339 e. The maximum atomic E-state index is 12.4. The van der Waals surface area contributed by atoms with Crippen LogP contribution in [0.25, 0.3) is 0 Å². The van der Waals surface area contributed by atoms with Gasteiger partial charge in [-0.25, -0.2) is 4.79 Å². The second kappa shape index (κ2) is 7.83. The number of nitrogens with one attached hydrogen (secondary N) is 1. The van der Waals surface area contributed by atoms with E-state index in [-0.39, 0.29) is 5.91 Å². The third-order valence-electron chi connectivity index (χ3n) is 3.88. The number of carbonyl (C=O) groups excluding carboxylic acids is 2. The molecule has 5 heteroatoms. The van der Waals surface area contributed by atoms with Gasteiger partial charge >= 0.3 is 5.97 Å². The van der Waals surface area contributed by atoms with Crippen molar-refractivity contribution in [1.29, 1.82) is 0 Å². The highest BCUT2D eigenvalue weighted by Gasteiger charge is 2.20. The Bertz CT molecular complexity index is 775. The molecule has 0 radical (unpaired) electrons. The SMILES string of the molecule is COc1cccc(C(=O)O[C@@H](C)C(=O)Nc2c(C)cc(C)cc2C)c1. The number of esters is 1. The molecule has 132 valence electrons. The fourth-order valence-corrected chi connectivity index (χ4v) is 2.63. The molecule has 0 aliphatic rings. The van der Waals surface area contributed by atoms with Crippen molar-refractivity contribution in [2.75, 3.05) is 12.4 Å². The van der Waals surface area contributed by atoms with Crippen LogP contribution in [0.3, 0.4) is 0 Å². The highest BCUT2D eigenvalue weighted by Crippen LogP contribution is 2.22. The van der Waals surface area contributed by atoms with Gasteiger partial charge in [0.05, 0.1) is 12.7 Å². The Morgan fingerprint density at radius 3 is 2.28 bits per heavy atom. The zero-order chi connectivity index (χ0) is 18.6. The maximum absolute atomic E-state index is 12.4. The van der Waals surface area contributed by atoms with E-state index >= 15 is 0 Å². The van der Waals surface area contributed by atoms with Crippen molar-refractivity contribution in [1.82, 2.24) is 0 Å². The predicted octanol–water partition coefficient (Wildman–Crippen LogP) is 3.80. The quantitative estimate of drug-likeness (QED) is 0.840. The first kappa shape index (κ1) is 18.5. The summed E-state index contributed by atoms with van der Waals surface area (Å²) in [6, 6.07) is 10.6. The minimum Gasteiger partial charge on any atom is -0.497 e. The summed E-state index contributed by atoms with van der Waals surface area (Å²) in [5, 5.41) is 2.84. The van der Waals surface area contributed by atoms with Crippen molar-refractivity contribution in [3.63, 3.8) is 0 Å². The molecule has 2 aromatic carbocycles. The summed E-state index contributed by atoms with van der Waals surface area (Å²) in [6.45, 7) is 7.42. The highest BCUT2D eigenvalue weighted by atomic mass is 16.5. The van der Waals surface area contributed by atoms with E-state index < -0.39 is 12.1 Å². The lowest BCUT2D eigenvalue weighted by Gasteiger charge is -2.17. The van der Waals surface area contributed by atoms with Gasteiger partial charge in [0, 0.05) is 5.69 Å². The molecule has 2 aromatic rings. The summed E-state index contributed by atoms with van der Waals surface area (Å²) in [5.41, 5.74) is 4.15. The zero-order valence-electron chi connectivity index (χ0n) is 15.2. The van der Waals surface area contributed by atoms with Crippen LogP contribution in [0.4, 0.5) is 5.69 Å². The topological polar surface area (TPSA) is 64.6 Å². The fourth-order valence-electron chi connectivity index (χ4n) is 2.63. The molecule has 1 N–H and O–H groups in total. The first-order chi connectivity index (χ1) is 11.8. The third-order valence-corrected chi connectivity index (χ3v) is 3.88. The molecule has 0 fully saturated rings. The standard InChI is InChI=1S/C20H23NO4/c1-12-9-13(2)18(14(3)10-12)21-19(22)15(4)25-20(23)16-7-6-8-17(11-16)24-5/h6-11,15H,1-5H3,(H,21,22)/t15-/m0/s1. The number of methoxy groups -OCH3 is 1. The molecule has 0 saturated carbocycles. The largest absolute Gasteiger partial charge is 0.497 e. The molecule has 5 nitrogen and oxygen atoms in total. The predicted molar refractivity (Wildman–Crippen MR) is 97.2 cm³/mol. The van der Waals surface area contributed by atoms with Crippen LogP contribution in [-0.4, -0.2) is 25.1 Å². The molecule has 1 amide bonds. The summed E-state index contributed by atoms with van der Waals surface area (Å²) >= 11 is 0. The van der Waals surface area contributed by atoms with Crippen LogP contribution in [0.2, 0.25) is 0 Å². The van der Waals surface area contributed by atoms with Crippen LogP contribution in [0.15, 0.2) is 36.4 Å². The van der Waals surface area contributed by atoms with E-state index in [2.05, 4.69) is 5.32 Å². The first-order valence-electron chi connectivity index (χ1n) is 8.05. The second-order valence-corrected chi connectivity index (χ2v) is 6.04. The molecular weight excluding hydrogens is 318 g/mol. The van der Waals surface area contributed by atoms with Gasteiger partial charge in [-0.2, -0.15) is 0 Å². The van der Waals surface area contributed by atoms with E-state index in [0.29, 0.717) is 11.3 Å². The number of ether oxygens (including phenoxy) is 2. The highest BCUT2D eigenvalue weighted by molar-refractivity contribution is 5.98. The van der Waals surface area contributed by atoms with Gasteiger partial charge < -0.3 is 14.8 Å². The van der Waals surface area contributed by atoms with Crippen molar-refractivity contribution < 1.29 is 19.1 Å². The summed E-state index contributed by atoms with van der Waals surface area (Å²) in [5.74, 6) is -0.386. The van der Waals surface area contributed by atoms with Gasteiger partial charge in [0.2, 0.25) is 0 Å². The molecule has 0 heterocycles. The Labute approximate surface area is 148 Å². The number of anilines is 1. The van der Waals surface area contributed by atoms with Crippen molar-refractivity contribution in [2.45, 2.75) is 33.8 Å².